The summed E-state index contributed by atoms with van der Waals surface area (Å²) in [4.78, 5) is 10.9. The number of aliphatic hydroxyl groups excluding tert-OH is 1. The first-order valence-corrected chi connectivity index (χ1v) is 4.91. The molecule has 1 aliphatic carbocycles. The van der Waals surface area contributed by atoms with Crippen molar-refractivity contribution in [1.29, 1.82) is 0 Å². The van der Waals surface area contributed by atoms with Crippen molar-refractivity contribution in [1.82, 2.24) is 0 Å². The molecule has 0 spiro atoms. The van der Waals surface area contributed by atoms with E-state index in [1.807, 2.05) is 0 Å². The van der Waals surface area contributed by atoms with Crippen molar-refractivity contribution in [3.8, 4) is 0 Å². The Kier molecular flexibility index (Phi) is 4.22. The van der Waals surface area contributed by atoms with Crippen LogP contribution in [0.5, 0.6) is 0 Å². The largest absolute Gasteiger partial charge is 0.481 e. The van der Waals surface area contributed by atoms with Crippen LogP contribution in [0.15, 0.2) is 0 Å². The van der Waals surface area contributed by atoms with E-state index in [1.165, 1.54) is 0 Å². The molecule has 0 heterocycles. The maximum absolute atomic E-state index is 10.9. The Balaban J connectivity index is 2.41. The van der Waals surface area contributed by atoms with Gasteiger partial charge in [-0.3, -0.25) is 4.79 Å². The molecule has 0 aromatic rings. The summed E-state index contributed by atoms with van der Waals surface area (Å²) in [7, 11) is 0. The van der Waals surface area contributed by atoms with Crippen LogP contribution in [0.2, 0.25) is 0 Å². The van der Waals surface area contributed by atoms with Crippen molar-refractivity contribution < 1.29 is 15.0 Å². The molecule has 0 aromatic carbocycles. The molecule has 2 unspecified atom stereocenters. The van der Waals surface area contributed by atoms with Crippen LogP contribution in [0.4, 0.5) is 0 Å². The molecule has 3 nitrogen and oxygen atoms in total. The van der Waals surface area contributed by atoms with Gasteiger partial charge in [0.15, 0.2) is 0 Å². The van der Waals surface area contributed by atoms with E-state index in [0.717, 1.165) is 32.1 Å². The number of rotatable bonds is 4. The first kappa shape index (κ1) is 10.5. The van der Waals surface area contributed by atoms with Gasteiger partial charge in [0.05, 0.1) is 5.92 Å². The summed E-state index contributed by atoms with van der Waals surface area (Å²) in [5.74, 6) is -0.606. The molecule has 13 heavy (non-hydrogen) atoms. The molecule has 0 aliphatic heterocycles. The Morgan fingerprint density at radius 1 is 1.54 bits per heavy atom. The molecule has 3 heteroatoms. The highest BCUT2D eigenvalue weighted by Crippen LogP contribution is 2.32. The fourth-order valence-corrected chi connectivity index (χ4v) is 2.03. The van der Waals surface area contributed by atoms with E-state index in [1.54, 1.807) is 0 Å². The minimum absolute atomic E-state index is 0.169. The highest BCUT2D eigenvalue weighted by Gasteiger charge is 2.29. The second kappa shape index (κ2) is 5.22. The third-order valence-electron chi connectivity index (χ3n) is 2.77. The summed E-state index contributed by atoms with van der Waals surface area (Å²) in [5.41, 5.74) is 0. The normalized spacial score (nSPS) is 28.7. The van der Waals surface area contributed by atoms with E-state index in [4.69, 9.17) is 10.2 Å². The van der Waals surface area contributed by atoms with Gasteiger partial charge >= 0.3 is 5.97 Å². The van der Waals surface area contributed by atoms with Gasteiger partial charge in [-0.15, -0.1) is 0 Å². The lowest BCUT2D eigenvalue weighted by atomic mass is 9.77. The second-order valence-corrected chi connectivity index (χ2v) is 3.67. The molecular weight excluding hydrogens is 168 g/mol. The highest BCUT2D eigenvalue weighted by molar-refractivity contribution is 5.70. The molecule has 1 radical (unpaired) electrons. The average Bonchev–Trinajstić information content (AvgIpc) is 2.15. The number of aliphatic hydroxyl groups is 1. The second-order valence-electron chi connectivity index (χ2n) is 3.67. The molecule has 1 saturated carbocycles. The Hall–Kier alpha value is -0.570. The predicted octanol–water partition coefficient (Wildman–Crippen LogP) is 1.46. The lowest BCUT2D eigenvalue weighted by Crippen LogP contribution is -2.27. The van der Waals surface area contributed by atoms with Gasteiger partial charge in [-0.1, -0.05) is 0 Å². The first-order chi connectivity index (χ1) is 6.25. The summed E-state index contributed by atoms with van der Waals surface area (Å²) in [6, 6.07) is 0. The van der Waals surface area contributed by atoms with Gasteiger partial charge < -0.3 is 10.2 Å². The Bertz CT molecular complexity index is 168. The van der Waals surface area contributed by atoms with Crippen LogP contribution in [0.3, 0.4) is 0 Å². The summed E-state index contributed by atoms with van der Waals surface area (Å²) in [6.45, 7) is 0.169. The van der Waals surface area contributed by atoms with Gasteiger partial charge in [-0.25, -0.2) is 0 Å². The summed E-state index contributed by atoms with van der Waals surface area (Å²) < 4.78 is 0. The number of carboxylic acid groups (broad SMARTS) is 1. The molecular formula is C10H17O3. The van der Waals surface area contributed by atoms with Crippen molar-refractivity contribution in [2.45, 2.75) is 32.1 Å². The van der Waals surface area contributed by atoms with Crippen LogP contribution < -0.4 is 0 Å². The summed E-state index contributed by atoms with van der Waals surface area (Å²) in [5, 5.41) is 17.6. The van der Waals surface area contributed by atoms with Crippen molar-refractivity contribution >= 4 is 5.97 Å². The lowest BCUT2D eigenvalue weighted by molar-refractivity contribution is -0.144. The standard InChI is InChI=1S/C10H17O3/c11-7-3-5-8-4-1-2-6-9(8)10(12)13/h1,8-9,11H,2-7H2,(H,12,13). The summed E-state index contributed by atoms with van der Waals surface area (Å²) in [6.07, 6.45) is 6.32. The molecule has 2 atom stereocenters. The Morgan fingerprint density at radius 2 is 2.31 bits per heavy atom. The van der Waals surface area contributed by atoms with Crippen molar-refractivity contribution in [2.75, 3.05) is 6.61 Å². The maximum atomic E-state index is 10.9. The monoisotopic (exact) mass is 185 g/mol. The zero-order valence-electron chi connectivity index (χ0n) is 7.78. The minimum Gasteiger partial charge on any atom is -0.481 e. The van der Waals surface area contributed by atoms with E-state index in [2.05, 4.69) is 6.42 Å². The van der Waals surface area contributed by atoms with Crippen LogP contribution in [-0.4, -0.2) is 22.8 Å². The van der Waals surface area contributed by atoms with Crippen LogP contribution in [0.25, 0.3) is 0 Å². The fourth-order valence-electron chi connectivity index (χ4n) is 2.03. The topological polar surface area (TPSA) is 57.5 Å². The van der Waals surface area contributed by atoms with Gasteiger partial charge in [0.1, 0.15) is 0 Å². The fraction of sp³-hybridized carbons (Fsp3) is 0.800. The van der Waals surface area contributed by atoms with Crippen molar-refractivity contribution in [3.05, 3.63) is 6.42 Å². The smallest absolute Gasteiger partial charge is 0.306 e. The van der Waals surface area contributed by atoms with E-state index >= 15 is 0 Å². The molecule has 0 aromatic heterocycles. The van der Waals surface area contributed by atoms with Gasteiger partial charge in [0.25, 0.3) is 0 Å². The molecule has 75 valence electrons. The van der Waals surface area contributed by atoms with Crippen LogP contribution >= 0.6 is 0 Å². The van der Waals surface area contributed by atoms with Crippen molar-refractivity contribution in [2.24, 2.45) is 11.8 Å². The molecule has 1 rings (SSSR count). The van der Waals surface area contributed by atoms with Crippen LogP contribution in [0.1, 0.15) is 32.1 Å². The third kappa shape index (κ3) is 2.99. The van der Waals surface area contributed by atoms with Crippen LogP contribution in [0, 0.1) is 18.3 Å². The SMILES string of the molecule is O=C(O)C1CC[CH]CC1CCCO. The van der Waals surface area contributed by atoms with Gasteiger partial charge in [0.2, 0.25) is 0 Å². The minimum atomic E-state index is -0.670. The van der Waals surface area contributed by atoms with E-state index in [9.17, 15) is 4.79 Å². The molecule has 1 aliphatic rings. The Labute approximate surface area is 78.8 Å². The molecule has 2 N–H and O–H groups in total. The van der Waals surface area contributed by atoms with Gasteiger partial charge in [0, 0.05) is 6.61 Å². The quantitative estimate of drug-likeness (QED) is 0.697. The molecule has 1 fully saturated rings. The highest BCUT2D eigenvalue weighted by atomic mass is 16.4. The number of aliphatic carboxylic acids is 1. The molecule has 0 bridgehead atoms. The number of carboxylic acids is 1. The Morgan fingerprint density at radius 3 is 2.92 bits per heavy atom. The van der Waals surface area contributed by atoms with Gasteiger partial charge in [-0.05, 0) is 44.4 Å². The molecule has 0 saturated heterocycles. The maximum Gasteiger partial charge on any atom is 0.306 e. The van der Waals surface area contributed by atoms with E-state index < -0.39 is 5.97 Å². The molecule has 0 amide bonds. The first-order valence-electron chi connectivity index (χ1n) is 4.91. The van der Waals surface area contributed by atoms with E-state index in [-0.39, 0.29) is 18.4 Å². The van der Waals surface area contributed by atoms with Crippen LogP contribution in [-0.2, 0) is 4.79 Å². The zero-order chi connectivity index (χ0) is 9.68. The third-order valence-corrected chi connectivity index (χ3v) is 2.77. The van der Waals surface area contributed by atoms with Gasteiger partial charge in [-0.2, -0.15) is 0 Å². The summed E-state index contributed by atoms with van der Waals surface area (Å²) >= 11 is 0. The predicted molar refractivity (Wildman–Crippen MR) is 49.1 cm³/mol. The zero-order valence-corrected chi connectivity index (χ0v) is 7.78. The number of hydrogen-bond donors (Lipinski definition) is 2. The number of carbonyl (C=O) groups is 1. The average molecular weight is 185 g/mol. The van der Waals surface area contributed by atoms with E-state index in [0.29, 0.717) is 0 Å². The van der Waals surface area contributed by atoms with Crippen molar-refractivity contribution in [3.63, 3.8) is 0 Å². The number of hydrogen-bond acceptors (Lipinski definition) is 2. The lowest BCUT2D eigenvalue weighted by Gasteiger charge is -2.27.